The van der Waals surface area contributed by atoms with Crippen LogP contribution in [0, 0.1) is 19.8 Å². The van der Waals surface area contributed by atoms with Crippen LogP contribution in [0.25, 0.3) is 0 Å². The Bertz CT molecular complexity index is 682. The first-order valence-electron chi connectivity index (χ1n) is 7.84. The van der Waals surface area contributed by atoms with Gasteiger partial charge in [-0.3, -0.25) is 4.79 Å². The Balaban J connectivity index is 0.00000208. The summed E-state index contributed by atoms with van der Waals surface area (Å²) in [5.41, 5.74) is 0.375. The first-order chi connectivity index (χ1) is 10.9. The molecule has 0 unspecified atom stereocenters. The van der Waals surface area contributed by atoms with Crippen LogP contribution in [0.4, 0.5) is 0 Å². The molecule has 3 heterocycles. The molecule has 2 aliphatic heterocycles. The molecule has 1 N–H and O–H groups in total. The Hall–Kier alpha value is -1.16. The van der Waals surface area contributed by atoms with E-state index in [1.807, 2.05) is 0 Å². The minimum atomic E-state index is -3.64. The molecule has 0 spiro atoms. The largest absolute Gasteiger partial charge is 0.360 e. The Labute approximate surface area is 148 Å². The lowest BCUT2D eigenvalue weighted by atomic mass is 10.0. The van der Waals surface area contributed by atoms with Gasteiger partial charge in [0.2, 0.25) is 15.9 Å². The lowest BCUT2D eigenvalue weighted by molar-refractivity contribution is -0.136. The molecular formula is C14H23ClN4O4S. The molecule has 0 aromatic carbocycles. The van der Waals surface area contributed by atoms with E-state index in [0.717, 1.165) is 13.1 Å². The SMILES string of the molecule is Cc1noc(C)c1S(=O)(=O)N1CCCN(C(=O)C2CNC2)CC1.Cl. The molecule has 0 atom stereocenters. The molecule has 0 aliphatic carbocycles. The van der Waals surface area contributed by atoms with Crippen LogP contribution in [-0.2, 0) is 14.8 Å². The Morgan fingerprint density at radius 3 is 2.46 bits per heavy atom. The topological polar surface area (TPSA) is 95.8 Å². The maximum Gasteiger partial charge on any atom is 0.248 e. The van der Waals surface area contributed by atoms with Crippen molar-refractivity contribution in [1.29, 1.82) is 0 Å². The normalized spacial score (nSPS) is 20.2. The maximum atomic E-state index is 12.8. The minimum Gasteiger partial charge on any atom is -0.360 e. The van der Waals surface area contributed by atoms with Gasteiger partial charge in [-0.25, -0.2) is 8.42 Å². The van der Waals surface area contributed by atoms with Crippen LogP contribution in [0.5, 0.6) is 0 Å². The van der Waals surface area contributed by atoms with Gasteiger partial charge in [0, 0.05) is 39.3 Å². The Morgan fingerprint density at radius 1 is 1.21 bits per heavy atom. The second-order valence-electron chi connectivity index (χ2n) is 6.09. The number of nitrogens with one attached hydrogen (secondary N) is 1. The molecule has 0 bridgehead atoms. The van der Waals surface area contributed by atoms with E-state index >= 15 is 0 Å². The van der Waals surface area contributed by atoms with Crippen molar-refractivity contribution in [2.75, 3.05) is 39.3 Å². The van der Waals surface area contributed by atoms with Gasteiger partial charge >= 0.3 is 0 Å². The molecule has 3 rings (SSSR count). The predicted octanol–water partition coefficient (Wildman–Crippen LogP) is 0.156. The summed E-state index contributed by atoms with van der Waals surface area (Å²) in [5.74, 6) is 0.473. The summed E-state index contributed by atoms with van der Waals surface area (Å²) in [6, 6.07) is 0. The number of aryl methyl sites for hydroxylation is 2. The zero-order valence-corrected chi connectivity index (χ0v) is 15.5. The first-order valence-corrected chi connectivity index (χ1v) is 9.28. The van der Waals surface area contributed by atoms with Gasteiger partial charge in [-0.05, 0) is 20.3 Å². The number of halogens is 1. The van der Waals surface area contributed by atoms with Crippen molar-refractivity contribution >= 4 is 28.3 Å². The molecule has 24 heavy (non-hydrogen) atoms. The smallest absolute Gasteiger partial charge is 0.248 e. The fourth-order valence-corrected chi connectivity index (χ4v) is 4.81. The summed E-state index contributed by atoms with van der Waals surface area (Å²) in [4.78, 5) is 14.3. The van der Waals surface area contributed by atoms with E-state index in [1.165, 1.54) is 4.31 Å². The van der Waals surface area contributed by atoms with Gasteiger partial charge < -0.3 is 14.7 Å². The van der Waals surface area contributed by atoms with E-state index < -0.39 is 10.0 Å². The molecule has 2 fully saturated rings. The van der Waals surface area contributed by atoms with Crippen molar-refractivity contribution in [2.45, 2.75) is 25.2 Å². The van der Waals surface area contributed by atoms with Gasteiger partial charge in [0.25, 0.3) is 0 Å². The highest BCUT2D eigenvalue weighted by atomic mass is 35.5. The number of hydrogen-bond donors (Lipinski definition) is 1. The number of carbonyl (C=O) groups is 1. The van der Waals surface area contributed by atoms with Crippen LogP contribution in [0.1, 0.15) is 17.9 Å². The molecule has 1 aromatic rings. The highest BCUT2D eigenvalue weighted by molar-refractivity contribution is 7.89. The summed E-state index contributed by atoms with van der Waals surface area (Å²) in [7, 11) is -3.64. The third-order valence-electron chi connectivity index (χ3n) is 4.46. The predicted molar refractivity (Wildman–Crippen MR) is 89.5 cm³/mol. The molecule has 10 heteroatoms. The number of carbonyl (C=O) groups excluding carboxylic acids is 1. The van der Waals surface area contributed by atoms with E-state index in [2.05, 4.69) is 10.5 Å². The molecule has 0 saturated carbocycles. The number of sulfonamides is 1. The summed E-state index contributed by atoms with van der Waals surface area (Å²) < 4.78 is 32.1. The second-order valence-corrected chi connectivity index (χ2v) is 7.97. The van der Waals surface area contributed by atoms with Crippen molar-refractivity contribution in [2.24, 2.45) is 5.92 Å². The van der Waals surface area contributed by atoms with Crippen molar-refractivity contribution in [3.05, 3.63) is 11.5 Å². The summed E-state index contributed by atoms with van der Waals surface area (Å²) in [6.45, 7) is 6.40. The van der Waals surface area contributed by atoms with Crippen LogP contribution in [0.2, 0.25) is 0 Å². The fourth-order valence-electron chi connectivity index (χ4n) is 3.05. The van der Waals surface area contributed by atoms with Gasteiger partial charge in [0.05, 0.1) is 5.92 Å². The lowest BCUT2D eigenvalue weighted by Gasteiger charge is -2.31. The molecule has 1 aromatic heterocycles. The number of nitrogens with zero attached hydrogens (tertiary/aromatic N) is 3. The van der Waals surface area contributed by atoms with Crippen molar-refractivity contribution in [3.63, 3.8) is 0 Å². The molecule has 2 saturated heterocycles. The first kappa shape index (κ1) is 19.2. The van der Waals surface area contributed by atoms with E-state index in [-0.39, 0.29) is 29.1 Å². The molecule has 0 radical (unpaired) electrons. The van der Waals surface area contributed by atoms with E-state index in [1.54, 1.807) is 18.7 Å². The summed E-state index contributed by atoms with van der Waals surface area (Å²) >= 11 is 0. The fraction of sp³-hybridized carbons (Fsp3) is 0.714. The highest BCUT2D eigenvalue weighted by Gasteiger charge is 2.35. The standard InChI is InChI=1S/C14H22N4O4S.ClH/c1-10-13(11(2)22-16-10)23(20,21)18-5-3-4-17(6-7-18)14(19)12-8-15-9-12;/h12,15H,3-9H2,1-2H3;1H. The monoisotopic (exact) mass is 378 g/mol. The van der Waals surface area contributed by atoms with Crippen molar-refractivity contribution < 1.29 is 17.7 Å². The van der Waals surface area contributed by atoms with Gasteiger partial charge in [0.1, 0.15) is 10.6 Å². The van der Waals surface area contributed by atoms with E-state index in [9.17, 15) is 13.2 Å². The van der Waals surface area contributed by atoms with Crippen LogP contribution in [0.3, 0.4) is 0 Å². The van der Waals surface area contributed by atoms with E-state index in [0.29, 0.717) is 44.1 Å². The minimum absolute atomic E-state index is 0. The quantitative estimate of drug-likeness (QED) is 0.804. The third kappa shape index (κ3) is 3.44. The summed E-state index contributed by atoms with van der Waals surface area (Å²) in [5, 5.41) is 6.82. The second kappa shape index (κ2) is 7.38. The average molecular weight is 379 g/mol. The van der Waals surface area contributed by atoms with Gasteiger partial charge in [-0.15, -0.1) is 12.4 Å². The van der Waals surface area contributed by atoms with Gasteiger partial charge in [-0.2, -0.15) is 4.31 Å². The van der Waals surface area contributed by atoms with Gasteiger partial charge in [0.15, 0.2) is 5.76 Å². The number of hydrogen-bond acceptors (Lipinski definition) is 6. The number of rotatable bonds is 3. The average Bonchev–Trinajstić information content (AvgIpc) is 2.65. The molecular weight excluding hydrogens is 356 g/mol. The van der Waals surface area contributed by atoms with Crippen molar-refractivity contribution in [3.8, 4) is 0 Å². The van der Waals surface area contributed by atoms with Crippen LogP contribution >= 0.6 is 12.4 Å². The summed E-state index contributed by atoms with van der Waals surface area (Å²) in [6.07, 6.45) is 0.633. The highest BCUT2D eigenvalue weighted by Crippen LogP contribution is 2.24. The zero-order chi connectivity index (χ0) is 16.6. The molecule has 8 nitrogen and oxygen atoms in total. The van der Waals surface area contributed by atoms with Crippen LogP contribution < -0.4 is 5.32 Å². The maximum absolute atomic E-state index is 12.8. The van der Waals surface area contributed by atoms with Crippen LogP contribution in [-0.4, -0.2) is 68.0 Å². The number of aromatic nitrogens is 1. The van der Waals surface area contributed by atoms with Gasteiger partial charge in [-0.1, -0.05) is 5.16 Å². The molecule has 1 amide bonds. The van der Waals surface area contributed by atoms with Crippen LogP contribution in [0.15, 0.2) is 9.42 Å². The molecule has 2 aliphatic rings. The van der Waals surface area contributed by atoms with Crippen molar-refractivity contribution in [1.82, 2.24) is 19.7 Å². The lowest BCUT2D eigenvalue weighted by Crippen LogP contribution is -2.52. The Morgan fingerprint density at radius 2 is 1.92 bits per heavy atom. The molecule has 136 valence electrons. The number of amides is 1. The zero-order valence-electron chi connectivity index (χ0n) is 13.8. The Kier molecular flexibility index (Phi) is 5.90. The van der Waals surface area contributed by atoms with E-state index in [4.69, 9.17) is 4.52 Å². The third-order valence-corrected chi connectivity index (χ3v) is 6.61.